The highest BCUT2D eigenvalue weighted by atomic mass is 16.1. The Morgan fingerprint density at radius 1 is 1.19 bits per heavy atom. The molecule has 1 heterocycles. The minimum atomic E-state index is 0.129. The molecule has 0 spiro atoms. The Morgan fingerprint density at radius 2 is 1.81 bits per heavy atom. The second-order valence-electron chi connectivity index (χ2n) is 5.90. The Balaban J connectivity index is 2.02. The van der Waals surface area contributed by atoms with E-state index in [1.807, 2.05) is 43.7 Å². The van der Waals surface area contributed by atoms with E-state index >= 15 is 0 Å². The van der Waals surface area contributed by atoms with Gasteiger partial charge in [-0.2, -0.15) is 0 Å². The first-order valence-corrected chi connectivity index (χ1v) is 7.40. The quantitative estimate of drug-likeness (QED) is 0.840. The van der Waals surface area contributed by atoms with Crippen molar-refractivity contribution in [3.63, 3.8) is 0 Å². The minimum absolute atomic E-state index is 0.129. The predicted octanol–water partition coefficient (Wildman–Crippen LogP) is 4.06. The molecule has 0 unspecified atom stereocenters. The molecule has 0 aliphatic rings. The number of hydrogen-bond donors (Lipinski definition) is 1. The number of benzene rings is 1. The molecule has 1 aromatic carbocycles. The van der Waals surface area contributed by atoms with Crippen molar-refractivity contribution in [2.75, 3.05) is 11.9 Å². The Hall–Kier alpha value is -2.03. The molecule has 0 saturated heterocycles. The van der Waals surface area contributed by atoms with Crippen LogP contribution in [0.1, 0.15) is 47.1 Å². The number of carbonyl (C=O) groups excluding carboxylic acids is 1. The van der Waals surface area contributed by atoms with Crippen LogP contribution in [0.25, 0.3) is 0 Å². The number of aromatic nitrogens is 1. The van der Waals surface area contributed by atoms with Crippen LogP contribution in [0.3, 0.4) is 0 Å². The summed E-state index contributed by atoms with van der Waals surface area (Å²) in [6.07, 6.45) is 0. The van der Waals surface area contributed by atoms with Gasteiger partial charge < -0.3 is 9.88 Å². The Bertz CT molecular complexity index is 636. The van der Waals surface area contributed by atoms with Crippen LogP contribution in [-0.4, -0.2) is 16.9 Å². The molecule has 1 aromatic heterocycles. The first-order valence-electron chi connectivity index (χ1n) is 7.40. The zero-order chi connectivity index (χ0) is 15.6. The van der Waals surface area contributed by atoms with Crippen molar-refractivity contribution in [2.24, 2.45) is 7.05 Å². The third kappa shape index (κ3) is 3.35. The van der Waals surface area contributed by atoms with Crippen LogP contribution in [0.2, 0.25) is 0 Å². The summed E-state index contributed by atoms with van der Waals surface area (Å²) in [5.41, 5.74) is 5.23. The minimum Gasteiger partial charge on any atom is -0.378 e. The van der Waals surface area contributed by atoms with Crippen LogP contribution < -0.4 is 5.32 Å². The fraction of sp³-hybridized carbons (Fsp3) is 0.389. The number of rotatable bonds is 5. The maximum atomic E-state index is 12.3. The lowest BCUT2D eigenvalue weighted by Gasteiger charge is -2.09. The molecule has 1 N–H and O–H groups in total. The Morgan fingerprint density at radius 3 is 2.29 bits per heavy atom. The van der Waals surface area contributed by atoms with Gasteiger partial charge >= 0.3 is 0 Å². The molecule has 0 amide bonds. The lowest BCUT2D eigenvalue weighted by atomic mass is 10.0. The van der Waals surface area contributed by atoms with E-state index < -0.39 is 0 Å². The van der Waals surface area contributed by atoms with E-state index in [9.17, 15) is 4.79 Å². The lowest BCUT2D eigenvalue weighted by molar-refractivity contribution is 0.101. The summed E-state index contributed by atoms with van der Waals surface area (Å²) in [6.45, 7) is 8.67. The van der Waals surface area contributed by atoms with E-state index in [0.717, 1.165) is 22.6 Å². The van der Waals surface area contributed by atoms with Gasteiger partial charge in [0.1, 0.15) is 0 Å². The van der Waals surface area contributed by atoms with Gasteiger partial charge in [-0.1, -0.05) is 26.0 Å². The molecule has 0 atom stereocenters. The summed E-state index contributed by atoms with van der Waals surface area (Å²) >= 11 is 0. The molecule has 3 heteroatoms. The van der Waals surface area contributed by atoms with E-state index in [1.165, 1.54) is 5.56 Å². The van der Waals surface area contributed by atoms with Gasteiger partial charge in [-0.25, -0.2) is 0 Å². The van der Waals surface area contributed by atoms with Crippen LogP contribution in [0.15, 0.2) is 30.3 Å². The van der Waals surface area contributed by atoms with Gasteiger partial charge in [0.15, 0.2) is 5.78 Å². The maximum Gasteiger partial charge on any atom is 0.183 e. The van der Waals surface area contributed by atoms with E-state index in [4.69, 9.17) is 0 Å². The number of hydrogen-bond acceptors (Lipinski definition) is 2. The fourth-order valence-electron chi connectivity index (χ4n) is 2.40. The number of Topliss-reactive ketones (excluding diaryl/α,β-unsaturated/α-hetero) is 1. The zero-order valence-electron chi connectivity index (χ0n) is 13.5. The molecule has 2 aromatic rings. The van der Waals surface area contributed by atoms with Crippen molar-refractivity contribution in [1.82, 2.24) is 4.57 Å². The first kappa shape index (κ1) is 15.4. The first-order chi connectivity index (χ1) is 9.90. The second-order valence-corrected chi connectivity index (χ2v) is 5.90. The van der Waals surface area contributed by atoms with Crippen molar-refractivity contribution in [2.45, 2.75) is 33.6 Å². The predicted molar refractivity (Wildman–Crippen MR) is 88.2 cm³/mol. The molecule has 2 rings (SSSR count). The van der Waals surface area contributed by atoms with E-state index in [2.05, 4.69) is 31.3 Å². The maximum absolute atomic E-state index is 12.3. The molecule has 0 radical (unpaired) electrons. The third-order valence-corrected chi connectivity index (χ3v) is 4.11. The highest BCUT2D eigenvalue weighted by Crippen LogP contribution is 2.18. The van der Waals surface area contributed by atoms with Crippen LogP contribution in [0, 0.1) is 13.8 Å². The van der Waals surface area contributed by atoms with Gasteiger partial charge in [0.2, 0.25) is 0 Å². The normalized spacial score (nSPS) is 11.0. The highest BCUT2D eigenvalue weighted by Gasteiger charge is 2.13. The molecule has 0 fully saturated rings. The molecule has 112 valence electrons. The molecular weight excluding hydrogens is 260 g/mol. The second kappa shape index (κ2) is 6.17. The van der Waals surface area contributed by atoms with Gasteiger partial charge in [-0.15, -0.1) is 0 Å². The molecule has 21 heavy (non-hydrogen) atoms. The SMILES string of the molecule is Cc1cc(C(=O)CNc2ccc(C(C)C)cc2)c(C)n1C. The van der Waals surface area contributed by atoms with Gasteiger partial charge in [-0.3, -0.25) is 4.79 Å². The van der Waals surface area contributed by atoms with Crippen LogP contribution in [0.4, 0.5) is 5.69 Å². The van der Waals surface area contributed by atoms with Crippen molar-refractivity contribution in [3.8, 4) is 0 Å². The summed E-state index contributed by atoms with van der Waals surface area (Å²) < 4.78 is 2.05. The Labute approximate surface area is 127 Å². The van der Waals surface area contributed by atoms with Gasteiger partial charge in [0, 0.05) is 29.7 Å². The van der Waals surface area contributed by atoms with E-state index in [-0.39, 0.29) is 5.78 Å². The van der Waals surface area contributed by atoms with Gasteiger partial charge in [0.25, 0.3) is 0 Å². The smallest absolute Gasteiger partial charge is 0.183 e. The van der Waals surface area contributed by atoms with Crippen LogP contribution in [0.5, 0.6) is 0 Å². The highest BCUT2D eigenvalue weighted by molar-refractivity contribution is 6.00. The average molecular weight is 284 g/mol. The fourth-order valence-corrected chi connectivity index (χ4v) is 2.40. The summed E-state index contributed by atoms with van der Waals surface area (Å²) in [6, 6.07) is 10.2. The summed E-state index contributed by atoms with van der Waals surface area (Å²) in [5, 5.41) is 3.21. The van der Waals surface area contributed by atoms with Crippen molar-refractivity contribution in [3.05, 3.63) is 52.8 Å². The molecular formula is C18H24N2O. The molecule has 3 nitrogen and oxygen atoms in total. The van der Waals surface area contributed by atoms with E-state index in [0.29, 0.717) is 12.5 Å². The van der Waals surface area contributed by atoms with Crippen molar-refractivity contribution >= 4 is 11.5 Å². The van der Waals surface area contributed by atoms with E-state index in [1.54, 1.807) is 0 Å². The number of nitrogens with one attached hydrogen (secondary N) is 1. The van der Waals surface area contributed by atoms with Gasteiger partial charge in [-0.05, 0) is 43.5 Å². The third-order valence-electron chi connectivity index (χ3n) is 4.11. The number of aryl methyl sites for hydroxylation is 1. The summed E-state index contributed by atoms with van der Waals surface area (Å²) in [4.78, 5) is 12.3. The summed E-state index contributed by atoms with van der Waals surface area (Å²) in [7, 11) is 1.99. The standard InChI is InChI=1S/C18H24N2O/c1-12(2)15-6-8-16(9-7-15)19-11-18(21)17-10-13(3)20(5)14(17)4/h6-10,12,19H,11H2,1-5H3. The van der Waals surface area contributed by atoms with Crippen molar-refractivity contribution in [1.29, 1.82) is 0 Å². The van der Waals surface area contributed by atoms with Crippen LogP contribution in [-0.2, 0) is 7.05 Å². The Kier molecular flexibility index (Phi) is 4.51. The van der Waals surface area contributed by atoms with Gasteiger partial charge in [0.05, 0.1) is 6.54 Å². The van der Waals surface area contributed by atoms with Crippen molar-refractivity contribution < 1.29 is 4.79 Å². The topological polar surface area (TPSA) is 34.0 Å². The lowest BCUT2D eigenvalue weighted by Crippen LogP contribution is -2.14. The monoisotopic (exact) mass is 284 g/mol. The average Bonchev–Trinajstić information content (AvgIpc) is 2.73. The number of carbonyl (C=O) groups is 1. The summed E-state index contributed by atoms with van der Waals surface area (Å²) in [5.74, 6) is 0.653. The van der Waals surface area contributed by atoms with Crippen LogP contribution >= 0.6 is 0 Å². The largest absolute Gasteiger partial charge is 0.378 e. The molecule has 0 saturated carbocycles. The molecule has 0 bridgehead atoms. The molecule has 0 aliphatic heterocycles. The number of nitrogens with zero attached hydrogens (tertiary/aromatic N) is 1. The zero-order valence-corrected chi connectivity index (χ0v) is 13.5. The number of anilines is 1. The number of ketones is 1. The molecule has 0 aliphatic carbocycles.